The number of nitrogens with one attached hydrogen (secondary N) is 1. The SMILES string of the molecule is COc1cccc(C#N)c1Nc1ccc(N)cc1. The minimum Gasteiger partial charge on any atom is -0.495 e. The smallest absolute Gasteiger partial charge is 0.143 e. The Balaban J connectivity index is 2.39. The lowest BCUT2D eigenvalue weighted by Gasteiger charge is -2.12. The lowest BCUT2D eigenvalue weighted by molar-refractivity contribution is 0.416. The zero-order chi connectivity index (χ0) is 13.0. The van der Waals surface area contributed by atoms with Gasteiger partial charge in [-0.25, -0.2) is 0 Å². The molecule has 0 atom stereocenters. The fourth-order valence-corrected chi connectivity index (χ4v) is 1.63. The predicted octanol–water partition coefficient (Wildman–Crippen LogP) is 2.89. The molecule has 0 radical (unpaired) electrons. The van der Waals surface area contributed by atoms with E-state index in [0.717, 1.165) is 5.69 Å². The second-order valence-corrected chi connectivity index (χ2v) is 3.74. The van der Waals surface area contributed by atoms with Crippen molar-refractivity contribution in [2.24, 2.45) is 0 Å². The molecule has 4 nitrogen and oxygen atoms in total. The molecule has 90 valence electrons. The van der Waals surface area contributed by atoms with Crippen LogP contribution in [-0.2, 0) is 0 Å². The molecule has 0 saturated carbocycles. The summed E-state index contributed by atoms with van der Waals surface area (Å²) in [6.45, 7) is 0. The maximum Gasteiger partial charge on any atom is 0.143 e. The minimum absolute atomic E-state index is 0.533. The summed E-state index contributed by atoms with van der Waals surface area (Å²) in [5.41, 5.74) is 8.37. The molecule has 0 spiro atoms. The molecule has 0 fully saturated rings. The van der Waals surface area contributed by atoms with Gasteiger partial charge < -0.3 is 15.8 Å². The summed E-state index contributed by atoms with van der Waals surface area (Å²) in [5.74, 6) is 0.630. The van der Waals surface area contributed by atoms with Crippen LogP contribution in [0.25, 0.3) is 0 Å². The second kappa shape index (κ2) is 5.11. The van der Waals surface area contributed by atoms with Gasteiger partial charge in [0.1, 0.15) is 11.8 Å². The number of anilines is 3. The standard InChI is InChI=1S/C14H13N3O/c1-18-13-4-2-3-10(9-15)14(13)17-12-7-5-11(16)6-8-12/h2-8,17H,16H2,1H3. The summed E-state index contributed by atoms with van der Waals surface area (Å²) in [6.07, 6.45) is 0. The molecule has 0 aliphatic carbocycles. The molecule has 0 unspecified atom stereocenters. The summed E-state index contributed by atoms with van der Waals surface area (Å²) >= 11 is 0. The van der Waals surface area contributed by atoms with Gasteiger partial charge in [-0.1, -0.05) is 6.07 Å². The number of nitrogen functional groups attached to an aromatic ring is 1. The Morgan fingerprint density at radius 3 is 2.50 bits per heavy atom. The number of nitrogens with zero attached hydrogens (tertiary/aromatic N) is 1. The number of ether oxygens (including phenoxy) is 1. The topological polar surface area (TPSA) is 71.1 Å². The van der Waals surface area contributed by atoms with Gasteiger partial charge in [-0.3, -0.25) is 0 Å². The zero-order valence-electron chi connectivity index (χ0n) is 9.97. The maximum absolute atomic E-state index is 9.09. The Labute approximate surface area is 106 Å². The third-order valence-electron chi connectivity index (χ3n) is 2.55. The zero-order valence-corrected chi connectivity index (χ0v) is 9.97. The number of para-hydroxylation sites is 1. The van der Waals surface area contributed by atoms with E-state index < -0.39 is 0 Å². The number of methoxy groups -OCH3 is 1. The van der Waals surface area contributed by atoms with E-state index in [1.54, 1.807) is 37.4 Å². The summed E-state index contributed by atoms with van der Waals surface area (Å²) in [5, 5.41) is 12.3. The molecular weight excluding hydrogens is 226 g/mol. The molecule has 2 rings (SSSR count). The van der Waals surface area contributed by atoms with Gasteiger partial charge in [-0.15, -0.1) is 0 Å². The Hall–Kier alpha value is -2.67. The van der Waals surface area contributed by atoms with Crippen LogP contribution >= 0.6 is 0 Å². The van der Waals surface area contributed by atoms with Crippen molar-refractivity contribution in [3.05, 3.63) is 48.0 Å². The van der Waals surface area contributed by atoms with Crippen LogP contribution in [0, 0.1) is 11.3 Å². The van der Waals surface area contributed by atoms with Crippen molar-refractivity contribution in [1.29, 1.82) is 5.26 Å². The molecule has 0 saturated heterocycles. The molecule has 2 aromatic carbocycles. The largest absolute Gasteiger partial charge is 0.495 e. The lowest BCUT2D eigenvalue weighted by atomic mass is 10.1. The molecule has 0 heterocycles. The first-order valence-electron chi connectivity index (χ1n) is 5.44. The van der Waals surface area contributed by atoms with Crippen LogP contribution in [0.5, 0.6) is 5.75 Å². The average Bonchev–Trinajstić information content (AvgIpc) is 2.41. The molecule has 3 N–H and O–H groups in total. The lowest BCUT2D eigenvalue weighted by Crippen LogP contribution is -1.97. The summed E-state index contributed by atoms with van der Waals surface area (Å²) in [7, 11) is 1.57. The highest BCUT2D eigenvalue weighted by Gasteiger charge is 2.08. The number of benzene rings is 2. The fraction of sp³-hybridized carbons (Fsp3) is 0.0714. The van der Waals surface area contributed by atoms with Gasteiger partial charge in [0.2, 0.25) is 0 Å². The van der Waals surface area contributed by atoms with Gasteiger partial charge >= 0.3 is 0 Å². The first-order chi connectivity index (χ1) is 8.74. The molecule has 0 aliphatic rings. The number of rotatable bonds is 3. The number of nitriles is 1. The molecule has 0 bridgehead atoms. The first-order valence-corrected chi connectivity index (χ1v) is 5.44. The third-order valence-corrected chi connectivity index (χ3v) is 2.55. The Morgan fingerprint density at radius 2 is 1.89 bits per heavy atom. The van der Waals surface area contributed by atoms with E-state index in [1.807, 2.05) is 12.1 Å². The summed E-state index contributed by atoms with van der Waals surface area (Å²) in [6, 6.07) is 14.8. The molecular formula is C14H13N3O. The van der Waals surface area contributed by atoms with Crippen LogP contribution in [0.15, 0.2) is 42.5 Å². The Kier molecular flexibility index (Phi) is 3.35. The molecule has 18 heavy (non-hydrogen) atoms. The van der Waals surface area contributed by atoms with Crippen molar-refractivity contribution in [2.75, 3.05) is 18.2 Å². The number of nitrogens with two attached hydrogens (primary N) is 1. The van der Waals surface area contributed by atoms with E-state index in [-0.39, 0.29) is 0 Å². The van der Waals surface area contributed by atoms with Crippen molar-refractivity contribution >= 4 is 17.1 Å². The van der Waals surface area contributed by atoms with E-state index in [4.69, 9.17) is 15.7 Å². The normalized spacial score (nSPS) is 9.56. The highest BCUT2D eigenvalue weighted by molar-refractivity contribution is 5.73. The van der Waals surface area contributed by atoms with Gasteiger partial charge in [-0.05, 0) is 36.4 Å². The van der Waals surface area contributed by atoms with Crippen LogP contribution in [0.4, 0.5) is 17.1 Å². The van der Waals surface area contributed by atoms with E-state index in [9.17, 15) is 0 Å². The van der Waals surface area contributed by atoms with Crippen LogP contribution in [-0.4, -0.2) is 7.11 Å². The predicted molar refractivity (Wildman–Crippen MR) is 71.8 cm³/mol. The monoisotopic (exact) mass is 239 g/mol. The van der Waals surface area contributed by atoms with Gasteiger partial charge in [0, 0.05) is 11.4 Å². The maximum atomic E-state index is 9.09. The molecule has 0 aromatic heterocycles. The van der Waals surface area contributed by atoms with Crippen molar-refractivity contribution in [1.82, 2.24) is 0 Å². The van der Waals surface area contributed by atoms with Crippen LogP contribution < -0.4 is 15.8 Å². The Bertz CT molecular complexity index is 585. The second-order valence-electron chi connectivity index (χ2n) is 3.74. The highest BCUT2D eigenvalue weighted by Crippen LogP contribution is 2.31. The van der Waals surface area contributed by atoms with Crippen LogP contribution in [0.3, 0.4) is 0 Å². The minimum atomic E-state index is 0.533. The third kappa shape index (κ3) is 2.36. The van der Waals surface area contributed by atoms with E-state index in [2.05, 4.69) is 11.4 Å². The molecule has 2 aromatic rings. The van der Waals surface area contributed by atoms with Crippen molar-refractivity contribution < 1.29 is 4.74 Å². The van der Waals surface area contributed by atoms with Crippen LogP contribution in [0.1, 0.15) is 5.56 Å². The summed E-state index contributed by atoms with van der Waals surface area (Å²) in [4.78, 5) is 0. The molecule has 4 heteroatoms. The van der Waals surface area contributed by atoms with Gasteiger partial charge in [0.15, 0.2) is 0 Å². The quantitative estimate of drug-likeness (QED) is 0.808. The van der Waals surface area contributed by atoms with Crippen molar-refractivity contribution in [3.63, 3.8) is 0 Å². The average molecular weight is 239 g/mol. The van der Waals surface area contributed by atoms with Gasteiger partial charge in [-0.2, -0.15) is 5.26 Å². The van der Waals surface area contributed by atoms with Gasteiger partial charge in [0.25, 0.3) is 0 Å². The highest BCUT2D eigenvalue weighted by atomic mass is 16.5. The van der Waals surface area contributed by atoms with E-state index in [1.165, 1.54) is 0 Å². The van der Waals surface area contributed by atoms with E-state index >= 15 is 0 Å². The van der Waals surface area contributed by atoms with Crippen molar-refractivity contribution in [3.8, 4) is 11.8 Å². The van der Waals surface area contributed by atoms with E-state index in [0.29, 0.717) is 22.7 Å². The number of hydrogen-bond acceptors (Lipinski definition) is 4. The van der Waals surface area contributed by atoms with Crippen LogP contribution in [0.2, 0.25) is 0 Å². The Morgan fingerprint density at radius 1 is 1.17 bits per heavy atom. The molecule has 0 amide bonds. The van der Waals surface area contributed by atoms with Gasteiger partial charge in [0.05, 0.1) is 18.4 Å². The van der Waals surface area contributed by atoms with Crippen molar-refractivity contribution in [2.45, 2.75) is 0 Å². The fourth-order valence-electron chi connectivity index (χ4n) is 1.63. The summed E-state index contributed by atoms with van der Waals surface area (Å²) < 4.78 is 5.25. The number of hydrogen-bond donors (Lipinski definition) is 2. The first kappa shape index (κ1) is 11.8. The molecule has 0 aliphatic heterocycles.